The average molecular weight is 149 g/mol. The third-order valence-electron chi connectivity index (χ3n) is 1.85. The summed E-state index contributed by atoms with van der Waals surface area (Å²) in [5, 5.41) is 0. The lowest BCUT2D eigenvalue weighted by Gasteiger charge is -2.07. The summed E-state index contributed by atoms with van der Waals surface area (Å²) < 4.78 is 2.27. The van der Waals surface area contributed by atoms with E-state index in [2.05, 4.69) is 44.0 Å². The summed E-state index contributed by atoms with van der Waals surface area (Å²) in [4.78, 5) is 0. The molecule has 0 fully saturated rings. The largest absolute Gasteiger partial charge is 0.345 e. The van der Waals surface area contributed by atoms with E-state index < -0.39 is 0 Å². The minimum atomic E-state index is 0.949. The molecule has 1 rings (SSSR count). The van der Waals surface area contributed by atoms with Gasteiger partial charge in [0.15, 0.2) is 0 Å². The molecular formula is C10H15N. The first-order valence-corrected chi connectivity index (χ1v) is 3.88. The lowest BCUT2D eigenvalue weighted by Crippen LogP contribution is -2.02. The van der Waals surface area contributed by atoms with Crippen molar-refractivity contribution in [1.29, 1.82) is 0 Å². The quantitative estimate of drug-likeness (QED) is 0.570. The van der Waals surface area contributed by atoms with E-state index in [4.69, 9.17) is 0 Å². The van der Waals surface area contributed by atoms with Crippen LogP contribution in [0.1, 0.15) is 18.3 Å². The fourth-order valence-electron chi connectivity index (χ4n) is 1.22. The molecule has 1 nitrogen and oxygen atoms in total. The normalized spacial score (nSPS) is 10.1. The predicted octanol–water partition coefficient (Wildman–Crippen LogP) is 2.68. The molecule has 1 aromatic rings. The van der Waals surface area contributed by atoms with Crippen molar-refractivity contribution in [3.05, 3.63) is 35.7 Å². The molecule has 1 heteroatoms. The Morgan fingerprint density at radius 1 is 1.36 bits per heavy atom. The Morgan fingerprint density at radius 2 is 1.82 bits per heavy atom. The summed E-state index contributed by atoms with van der Waals surface area (Å²) in [6.07, 6.45) is 0. The second kappa shape index (κ2) is 2.95. The zero-order valence-corrected chi connectivity index (χ0v) is 7.52. The van der Waals surface area contributed by atoms with Crippen molar-refractivity contribution in [1.82, 2.24) is 4.57 Å². The highest BCUT2D eigenvalue weighted by molar-refractivity contribution is 5.15. The summed E-state index contributed by atoms with van der Waals surface area (Å²) in [6, 6.07) is 4.27. The van der Waals surface area contributed by atoms with Gasteiger partial charge in [0.05, 0.1) is 0 Å². The number of nitrogens with zero attached hydrogens (tertiary/aromatic N) is 1. The minimum absolute atomic E-state index is 0.949. The number of allylic oxidation sites excluding steroid dienone is 1. The van der Waals surface area contributed by atoms with Crippen LogP contribution in [-0.4, -0.2) is 4.57 Å². The zero-order valence-electron chi connectivity index (χ0n) is 7.52. The summed E-state index contributed by atoms with van der Waals surface area (Å²) in [6.45, 7) is 11.1. The maximum Gasteiger partial charge on any atom is 0.0429 e. The molecule has 1 aromatic heterocycles. The Kier molecular flexibility index (Phi) is 2.18. The van der Waals surface area contributed by atoms with Crippen LogP contribution in [0.3, 0.4) is 0 Å². The SMILES string of the molecule is C=C(C)Cn1c(C)ccc1C. The molecule has 0 bridgehead atoms. The van der Waals surface area contributed by atoms with E-state index in [0.717, 1.165) is 6.54 Å². The van der Waals surface area contributed by atoms with Gasteiger partial charge in [0.1, 0.15) is 0 Å². The Morgan fingerprint density at radius 3 is 2.18 bits per heavy atom. The van der Waals surface area contributed by atoms with Crippen LogP contribution < -0.4 is 0 Å². The van der Waals surface area contributed by atoms with Crippen molar-refractivity contribution in [3.63, 3.8) is 0 Å². The van der Waals surface area contributed by atoms with E-state index in [1.54, 1.807) is 0 Å². The highest BCUT2D eigenvalue weighted by Crippen LogP contribution is 2.08. The summed E-state index contributed by atoms with van der Waals surface area (Å²) >= 11 is 0. The third kappa shape index (κ3) is 1.73. The summed E-state index contributed by atoms with van der Waals surface area (Å²) in [5.41, 5.74) is 3.82. The van der Waals surface area contributed by atoms with E-state index in [9.17, 15) is 0 Å². The van der Waals surface area contributed by atoms with Crippen molar-refractivity contribution in [2.75, 3.05) is 0 Å². The number of aryl methyl sites for hydroxylation is 2. The second-order valence-corrected chi connectivity index (χ2v) is 3.16. The van der Waals surface area contributed by atoms with Crippen LogP contribution >= 0.6 is 0 Å². The molecule has 0 unspecified atom stereocenters. The highest BCUT2D eigenvalue weighted by Gasteiger charge is 1.98. The first kappa shape index (κ1) is 8.12. The molecule has 0 aliphatic carbocycles. The van der Waals surface area contributed by atoms with Crippen LogP contribution in [0.2, 0.25) is 0 Å². The molecule has 0 amide bonds. The lowest BCUT2D eigenvalue weighted by atomic mass is 10.3. The Labute approximate surface area is 68.4 Å². The predicted molar refractivity (Wildman–Crippen MR) is 48.7 cm³/mol. The van der Waals surface area contributed by atoms with Gasteiger partial charge >= 0.3 is 0 Å². The van der Waals surface area contributed by atoms with Gasteiger partial charge in [-0.3, -0.25) is 0 Å². The summed E-state index contributed by atoms with van der Waals surface area (Å²) in [5.74, 6) is 0. The Balaban J connectivity index is 2.92. The highest BCUT2D eigenvalue weighted by atomic mass is 15.0. The van der Waals surface area contributed by atoms with E-state index in [0.29, 0.717) is 0 Å². The number of aromatic nitrogens is 1. The van der Waals surface area contributed by atoms with Crippen molar-refractivity contribution in [2.24, 2.45) is 0 Å². The molecule has 11 heavy (non-hydrogen) atoms. The van der Waals surface area contributed by atoms with Crippen LogP contribution in [0, 0.1) is 13.8 Å². The smallest absolute Gasteiger partial charge is 0.0429 e. The maximum absolute atomic E-state index is 3.89. The molecule has 0 atom stereocenters. The monoisotopic (exact) mass is 149 g/mol. The van der Waals surface area contributed by atoms with Crippen LogP contribution in [-0.2, 0) is 6.54 Å². The van der Waals surface area contributed by atoms with E-state index in [1.165, 1.54) is 17.0 Å². The standard InChI is InChI=1S/C10H15N/c1-8(2)7-11-9(3)5-6-10(11)4/h5-6H,1,7H2,2-4H3. The average Bonchev–Trinajstić information content (AvgIpc) is 2.18. The number of rotatable bonds is 2. The fourth-order valence-corrected chi connectivity index (χ4v) is 1.22. The summed E-state index contributed by atoms with van der Waals surface area (Å²) in [7, 11) is 0. The van der Waals surface area contributed by atoms with Gasteiger partial charge < -0.3 is 4.57 Å². The van der Waals surface area contributed by atoms with Gasteiger partial charge in [-0.15, -0.1) is 0 Å². The first-order valence-electron chi connectivity index (χ1n) is 3.88. The minimum Gasteiger partial charge on any atom is -0.345 e. The van der Waals surface area contributed by atoms with Crippen molar-refractivity contribution in [2.45, 2.75) is 27.3 Å². The first-order chi connectivity index (χ1) is 5.11. The number of hydrogen-bond acceptors (Lipinski definition) is 0. The van der Waals surface area contributed by atoms with E-state index >= 15 is 0 Å². The Bertz CT molecular complexity index is 249. The molecule has 0 saturated carbocycles. The van der Waals surface area contributed by atoms with Crippen LogP contribution in [0.25, 0.3) is 0 Å². The van der Waals surface area contributed by atoms with Crippen LogP contribution in [0.15, 0.2) is 24.3 Å². The van der Waals surface area contributed by atoms with Gasteiger partial charge in [-0.1, -0.05) is 12.2 Å². The fraction of sp³-hybridized carbons (Fsp3) is 0.400. The van der Waals surface area contributed by atoms with Gasteiger partial charge in [-0.05, 0) is 32.9 Å². The lowest BCUT2D eigenvalue weighted by molar-refractivity contribution is 0.739. The molecule has 1 heterocycles. The molecule has 0 saturated heterocycles. The number of hydrogen-bond donors (Lipinski definition) is 0. The third-order valence-corrected chi connectivity index (χ3v) is 1.85. The molecule has 0 aliphatic heterocycles. The second-order valence-electron chi connectivity index (χ2n) is 3.16. The van der Waals surface area contributed by atoms with Crippen molar-refractivity contribution in [3.8, 4) is 0 Å². The van der Waals surface area contributed by atoms with Crippen LogP contribution in [0.5, 0.6) is 0 Å². The van der Waals surface area contributed by atoms with Gasteiger partial charge in [-0.2, -0.15) is 0 Å². The van der Waals surface area contributed by atoms with Gasteiger partial charge in [-0.25, -0.2) is 0 Å². The van der Waals surface area contributed by atoms with Gasteiger partial charge in [0.25, 0.3) is 0 Å². The van der Waals surface area contributed by atoms with Gasteiger partial charge in [0.2, 0.25) is 0 Å². The van der Waals surface area contributed by atoms with Crippen molar-refractivity contribution < 1.29 is 0 Å². The van der Waals surface area contributed by atoms with Crippen LogP contribution in [0.4, 0.5) is 0 Å². The van der Waals surface area contributed by atoms with E-state index in [-0.39, 0.29) is 0 Å². The molecule has 0 aromatic carbocycles. The topological polar surface area (TPSA) is 4.93 Å². The molecule has 0 N–H and O–H groups in total. The molecule has 0 radical (unpaired) electrons. The van der Waals surface area contributed by atoms with Crippen molar-refractivity contribution >= 4 is 0 Å². The zero-order chi connectivity index (χ0) is 8.43. The van der Waals surface area contributed by atoms with E-state index in [1.807, 2.05) is 0 Å². The molecule has 0 aliphatic rings. The maximum atomic E-state index is 3.89. The van der Waals surface area contributed by atoms with Gasteiger partial charge in [0, 0.05) is 17.9 Å². The molecule has 60 valence electrons. The molecular weight excluding hydrogens is 134 g/mol. The Hall–Kier alpha value is -0.980. The molecule has 0 spiro atoms.